The summed E-state index contributed by atoms with van der Waals surface area (Å²) in [5, 5.41) is 0.600. The first-order valence-corrected chi connectivity index (χ1v) is 8.91. The second kappa shape index (κ2) is 7.35. The van der Waals surface area contributed by atoms with Gasteiger partial charge in [-0.2, -0.15) is 0 Å². The van der Waals surface area contributed by atoms with Gasteiger partial charge in [-0.25, -0.2) is 4.98 Å². The van der Waals surface area contributed by atoms with Gasteiger partial charge in [-0.3, -0.25) is 9.59 Å². The zero-order valence-electron chi connectivity index (χ0n) is 15.2. The molecule has 1 amide bonds. The molecule has 2 heterocycles. The fourth-order valence-electron chi connectivity index (χ4n) is 3.77. The number of hydrogen-bond donors (Lipinski definition) is 1. The molecule has 0 radical (unpaired) electrons. The number of rotatable bonds is 5. The number of aromatic nitrogens is 2. The molecule has 0 bridgehead atoms. The maximum atomic E-state index is 12.5. The molecule has 1 fully saturated rings. The Kier molecular flexibility index (Phi) is 5.18. The lowest BCUT2D eigenvalue weighted by Gasteiger charge is -2.28. The van der Waals surface area contributed by atoms with E-state index in [0.29, 0.717) is 42.0 Å². The number of fused-ring (bicyclic) bond motifs is 1. The van der Waals surface area contributed by atoms with Gasteiger partial charge in [0.25, 0.3) is 5.56 Å². The summed E-state index contributed by atoms with van der Waals surface area (Å²) in [6, 6.07) is 7.99. The van der Waals surface area contributed by atoms with Crippen LogP contribution in [-0.2, 0) is 11.2 Å². The van der Waals surface area contributed by atoms with Crippen LogP contribution in [0, 0.1) is 0 Å². The molecule has 0 spiro atoms. The summed E-state index contributed by atoms with van der Waals surface area (Å²) < 4.78 is 0. The van der Waals surface area contributed by atoms with Gasteiger partial charge in [0.2, 0.25) is 5.91 Å². The van der Waals surface area contributed by atoms with Gasteiger partial charge in [0.05, 0.1) is 10.9 Å². The van der Waals surface area contributed by atoms with Crippen molar-refractivity contribution in [2.24, 2.45) is 0 Å². The van der Waals surface area contributed by atoms with Crippen LogP contribution >= 0.6 is 0 Å². The molecular weight excluding hydrogens is 316 g/mol. The third-order valence-electron chi connectivity index (χ3n) is 5.16. The molecule has 134 valence electrons. The number of hydrogen-bond acceptors (Lipinski definition) is 4. The Labute approximate surface area is 147 Å². The number of likely N-dealkylation sites (N-methyl/N-ethyl adjacent to an activating group) is 1. The van der Waals surface area contributed by atoms with E-state index in [9.17, 15) is 9.59 Å². The second-order valence-corrected chi connectivity index (χ2v) is 7.03. The van der Waals surface area contributed by atoms with Crippen molar-refractivity contribution in [3.8, 4) is 0 Å². The maximum Gasteiger partial charge on any atom is 0.258 e. The van der Waals surface area contributed by atoms with Crippen LogP contribution < -0.4 is 5.56 Å². The molecule has 1 aromatic heterocycles. The summed E-state index contributed by atoms with van der Waals surface area (Å²) in [4.78, 5) is 36.1. The average Bonchev–Trinajstić information content (AvgIpc) is 2.97. The standard InChI is InChI=1S/C19H26N4O2/c1-13-16(22(2)3)11-12-23(13)18(24)10-6-9-17-20-15-8-5-4-7-14(15)19(25)21-17/h4-5,7-8,13,16H,6,9-12H2,1-3H3,(H,20,21,25)/t13-,16-/m0/s1. The van der Waals surface area contributed by atoms with E-state index < -0.39 is 0 Å². The van der Waals surface area contributed by atoms with Crippen molar-refractivity contribution in [1.29, 1.82) is 0 Å². The summed E-state index contributed by atoms with van der Waals surface area (Å²) in [6.45, 7) is 2.95. The molecule has 3 rings (SSSR count). The van der Waals surface area contributed by atoms with Crippen LogP contribution in [0.5, 0.6) is 0 Å². The number of nitrogens with zero attached hydrogens (tertiary/aromatic N) is 3. The Morgan fingerprint density at radius 2 is 2.12 bits per heavy atom. The molecule has 1 aromatic carbocycles. The number of benzene rings is 1. The first-order chi connectivity index (χ1) is 12.0. The Morgan fingerprint density at radius 1 is 1.36 bits per heavy atom. The zero-order valence-corrected chi connectivity index (χ0v) is 15.2. The molecule has 0 unspecified atom stereocenters. The lowest BCUT2D eigenvalue weighted by atomic mass is 10.1. The number of carbonyl (C=O) groups excluding carboxylic acids is 1. The minimum atomic E-state index is -0.117. The highest BCUT2D eigenvalue weighted by Crippen LogP contribution is 2.22. The molecule has 0 saturated carbocycles. The SMILES string of the molecule is C[C@H]1[C@@H](N(C)C)CCN1C(=O)CCCc1nc2ccccc2c(=O)[nH]1. The molecule has 25 heavy (non-hydrogen) atoms. The maximum absolute atomic E-state index is 12.5. The van der Waals surface area contributed by atoms with Gasteiger partial charge < -0.3 is 14.8 Å². The van der Waals surface area contributed by atoms with Crippen LogP contribution in [0.15, 0.2) is 29.1 Å². The minimum absolute atomic E-state index is 0.117. The van der Waals surface area contributed by atoms with Gasteiger partial charge in [-0.1, -0.05) is 12.1 Å². The highest BCUT2D eigenvalue weighted by molar-refractivity contribution is 5.77. The van der Waals surface area contributed by atoms with Crippen LogP contribution in [0.1, 0.15) is 32.0 Å². The zero-order chi connectivity index (χ0) is 18.0. The van der Waals surface area contributed by atoms with Crippen LogP contribution in [0.25, 0.3) is 10.9 Å². The van der Waals surface area contributed by atoms with E-state index in [1.54, 1.807) is 6.07 Å². The molecule has 2 aromatic rings. The highest BCUT2D eigenvalue weighted by atomic mass is 16.2. The fourth-order valence-corrected chi connectivity index (χ4v) is 3.77. The minimum Gasteiger partial charge on any atom is -0.338 e. The second-order valence-electron chi connectivity index (χ2n) is 7.03. The molecule has 6 nitrogen and oxygen atoms in total. The van der Waals surface area contributed by atoms with E-state index in [-0.39, 0.29) is 17.5 Å². The number of amides is 1. The van der Waals surface area contributed by atoms with Crippen molar-refractivity contribution in [2.75, 3.05) is 20.6 Å². The lowest BCUT2D eigenvalue weighted by Crippen LogP contribution is -2.42. The van der Waals surface area contributed by atoms with Crippen LogP contribution in [0.3, 0.4) is 0 Å². The number of likely N-dealkylation sites (tertiary alicyclic amines) is 1. The number of carbonyl (C=O) groups is 1. The fraction of sp³-hybridized carbons (Fsp3) is 0.526. The summed E-state index contributed by atoms with van der Waals surface area (Å²) >= 11 is 0. The Bertz CT molecular complexity index is 814. The molecule has 2 atom stereocenters. The van der Waals surface area contributed by atoms with Gasteiger partial charge in [-0.15, -0.1) is 0 Å². The predicted octanol–water partition coefficient (Wildman–Crippen LogP) is 1.80. The number of nitrogens with one attached hydrogen (secondary N) is 1. The first kappa shape index (κ1) is 17.6. The van der Waals surface area contributed by atoms with Crippen molar-refractivity contribution < 1.29 is 4.79 Å². The molecule has 0 aliphatic carbocycles. The molecule has 1 aliphatic heterocycles. The molecule has 1 aliphatic rings. The Hall–Kier alpha value is -2.21. The van der Waals surface area contributed by atoms with Crippen molar-refractivity contribution in [3.05, 3.63) is 40.4 Å². The van der Waals surface area contributed by atoms with Crippen LogP contribution in [0.4, 0.5) is 0 Å². The molecular formula is C19H26N4O2. The summed E-state index contributed by atoms with van der Waals surface area (Å²) in [6.07, 6.45) is 2.81. The smallest absolute Gasteiger partial charge is 0.258 e. The number of aryl methyl sites for hydroxylation is 1. The first-order valence-electron chi connectivity index (χ1n) is 8.91. The van der Waals surface area contributed by atoms with Gasteiger partial charge in [0.15, 0.2) is 0 Å². The molecule has 1 N–H and O–H groups in total. The van der Waals surface area contributed by atoms with Crippen molar-refractivity contribution in [3.63, 3.8) is 0 Å². The van der Waals surface area contributed by atoms with Crippen molar-refractivity contribution in [2.45, 2.75) is 44.7 Å². The van der Waals surface area contributed by atoms with Gasteiger partial charge in [-0.05, 0) is 46.0 Å². The predicted molar refractivity (Wildman–Crippen MR) is 98.6 cm³/mol. The normalized spacial score (nSPS) is 20.6. The number of H-pyrrole nitrogens is 1. The molecule has 1 saturated heterocycles. The average molecular weight is 342 g/mol. The van der Waals surface area contributed by atoms with Gasteiger partial charge >= 0.3 is 0 Å². The summed E-state index contributed by atoms with van der Waals surface area (Å²) in [7, 11) is 4.13. The third kappa shape index (κ3) is 3.74. The van der Waals surface area contributed by atoms with E-state index in [4.69, 9.17) is 0 Å². The van der Waals surface area contributed by atoms with E-state index in [2.05, 4.69) is 35.9 Å². The third-order valence-corrected chi connectivity index (χ3v) is 5.16. The van der Waals surface area contributed by atoms with Crippen LogP contribution in [-0.4, -0.2) is 58.4 Å². The van der Waals surface area contributed by atoms with Gasteiger partial charge in [0, 0.05) is 31.5 Å². The monoisotopic (exact) mass is 342 g/mol. The summed E-state index contributed by atoms with van der Waals surface area (Å²) in [5.74, 6) is 0.845. The van der Waals surface area contributed by atoms with E-state index >= 15 is 0 Å². The summed E-state index contributed by atoms with van der Waals surface area (Å²) in [5.41, 5.74) is 0.587. The van der Waals surface area contributed by atoms with E-state index in [1.165, 1.54) is 0 Å². The lowest BCUT2D eigenvalue weighted by molar-refractivity contribution is -0.132. The van der Waals surface area contributed by atoms with E-state index in [1.807, 2.05) is 23.1 Å². The Morgan fingerprint density at radius 3 is 2.84 bits per heavy atom. The van der Waals surface area contributed by atoms with Crippen LogP contribution in [0.2, 0.25) is 0 Å². The largest absolute Gasteiger partial charge is 0.338 e. The topological polar surface area (TPSA) is 69.3 Å². The number of aromatic amines is 1. The highest BCUT2D eigenvalue weighted by Gasteiger charge is 2.34. The Balaban J connectivity index is 1.58. The van der Waals surface area contributed by atoms with Crippen molar-refractivity contribution in [1.82, 2.24) is 19.8 Å². The van der Waals surface area contributed by atoms with Crippen molar-refractivity contribution >= 4 is 16.8 Å². The van der Waals surface area contributed by atoms with E-state index in [0.717, 1.165) is 13.0 Å². The molecule has 6 heteroatoms. The van der Waals surface area contributed by atoms with Gasteiger partial charge in [0.1, 0.15) is 5.82 Å². The number of para-hydroxylation sites is 1. The quantitative estimate of drug-likeness (QED) is 0.899.